The Morgan fingerprint density at radius 1 is 0.964 bits per heavy atom. The summed E-state index contributed by atoms with van der Waals surface area (Å²) in [5.74, 6) is -1.07. The molecular formula is C21H20FNO4S. The molecule has 0 amide bonds. The first kappa shape index (κ1) is 19.8. The smallest absolute Gasteiger partial charge is 0.340 e. The summed E-state index contributed by atoms with van der Waals surface area (Å²) < 4.78 is 46.3. The third-order valence-electron chi connectivity index (χ3n) is 4.67. The number of carbonyl (C=O) groups is 1. The molecule has 0 aliphatic heterocycles. The SMILES string of the molecule is COC(=O)c1c(C)c(-c2ccc(F)cc2)n(S(=O)(=O)c2ccc(C)cc2)c1C. The van der Waals surface area contributed by atoms with Crippen molar-refractivity contribution in [3.05, 3.63) is 76.7 Å². The van der Waals surface area contributed by atoms with Gasteiger partial charge in [0.25, 0.3) is 10.0 Å². The number of benzene rings is 2. The number of hydrogen-bond donors (Lipinski definition) is 0. The van der Waals surface area contributed by atoms with Gasteiger partial charge in [-0.3, -0.25) is 0 Å². The van der Waals surface area contributed by atoms with Gasteiger partial charge in [-0.1, -0.05) is 17.7 Å². The van der Waals surface area contributed by atoms with Crippen LogP contribution in [0.2, 0.25) is 0 Å². The second-order valence-electron chi connectivity index (χ2n) is 6.51. The summed E-state index contributed by atoms with van der Waals surface area (Å²) in [5, 5.41) is 0. The monoisotopic (exact) mass is 401 g/mol. The molecule has 2 aromatic carbocycles. The van der Waals surface area contributed by atoms with Crippen LogP contribution in [0.1, 0.15) is 27.2 Å². The molecule has 5 nitrogen and oxygen atoms in total. The minimum Gasteiger partial charge on any atom is -0.465 e. The van der Waals surface area contributed by atoms with Gasteiger partial charge in [-0.2, -0.15) is 0 Å². The fraction of sp³-hybridized carbons (Fsp3) is 0.190. The number of ether oxygens (including phenoxy) is 1. The van der Waals surface area contributed by atoms with Crippen LogP contribution in [0.25, 0.3) is 11.3 Å². The highest BCUT2D eigenvalue weighted by Crippen LogP contribution is 2.35. The van der Waals surface area contributed by atoms with Crippen molar-refractivity contribution in [1.82, 2.24) is 3.97 Å². The predicted molar refractivity (Wildman–Crippen MR) is 104 cm³/mol. The molecule has 0 spiro atoms. The first-order valence-electron chi connectivity index (χ1n) is 8.57. The zero-order valence-corrected chi connectivity index (χ0v) is 16.8. The molecule has 0 radical (unpaired) electrons. The molecule has 0 atom stereocenters. The summed E-state index contributed by atoms with van der Waals surface area (Å²) in [5.41, 5.74) is 2.58. The molecule has 0 unspecified atom stereocenters. The van der Waals surface area contributed by atoms with E-state index >= 15 is 0 Å². The minimum atomic E-state index is -4.00. The first-order chi connectivity index (χ1) is 13.2. The number of esters is 1. The third-order valence-corrected chi connectivity index (χ3v) is 6.47. The van der Waals surface area contributed by atoms with Gasteiger partial charge in [-0.25, -0.2) is 21.6 Å². The van der Waals surface area contributed by atoms with Crippen LogP contribution in [0.4, 0.5) is 4.39 Å². The van der Waals surface area contributed by atoms with E-state index in [2.05, 4.69) is 0 Å². The van der Waals surface area contributed by atoms with Gasteiger partial charge in [0.15, 0.2) is 0 Å². The number of hydrogen-bond acceptors (Lipinski definition) is 4. The molecule has 7 heteroatoms. The minimum absolute atomic E-state index is 0.0935. The van der Waals surface area contributed by atoms with Crippen molar-refractivity contribution in [2.75, 3.05) is 7.11 Å². The molecule has 0 aliphatic rings. The number of aryl methyl sites for hydroxylation is 1. The summed E-state index contributed by atoms with van der Waals surface area (Å²) in [4.78, 5) is 12.4. The number of methoxy groups -OCH3 is 1. The van der Waals surface area contributed by atoms with Crippen LogP contribution < -0.4 is 0 Å². The Hall–Kier alpha value is -2.93. The maximum Gasteiger partial charge on any atom is 0.340 e. The highest BCUT2D eigenvalue weighted by atomic mass is 32.2. The van der Waals surface area contributed by atoms with Gasteiger partial charge in [0.1, 0.15) is 5.82 Å². The van der Waals surface area contributed by atoms with Crippen LogP contribution in [-0.4, -0.2) is 25.5 Å². The molecule has 146 valence electrons. The number of aromatic nitrogens is 1. The summed E-state index contributed by atoms with van der Waals surface area (Å²) >= 11 is 0. The Balaban J connectivity index is 2.37. The summed E-state index contributed by atoms with van der Waals surface area (Å²) in [6.45, 7) is 5.07. The van der Waals surface area contributed by atoms with Crippen LogP contribution in [0, 0.1) is 26.6 Å². The van der Waals surface area contributed by atoms with E-state index in [1.54, 1.807) is 26.0 Å². The van der Waals surface area contributed by atoms with Crippen molar-refractivity contribution in [2.45, 2.75) is 25.7 Å². The molecule has 0 saturated heterocycles. The van der Waals surface area contributed by atoms with Crippen molar-refractivity contribution in [3.8, 4) is 11.3 Å². The maximum atomic E-state index is 13.4. The lowest BCUT2D eigenvalue weighted by atomic mass is 10.1. The zero-order chi connectivity index (χ0) is 20.6. The zero-order valence-electron chi connectivity index (χ0n) is 16.0. The van der Waals surface area contributed by atoms with Crippen molar-refractivity contribution >= 4 is 16.0 Å². The van der Waals surface area contributed by atoms with Gasteiger partial charge in [-0.05, 0) is 68.3 Å². The second kappa shape index (κ2) is 7.24. The van der Waals surface area contributed by atoms with E-state index in [-0.39, 0.29) is 16.2 Å². The Morgan fingerprint density at radius 2 is 1.54 bits per heavy atom. The van der Waals surface area contributed by atoms with Crippen LogP contribution in [0.15, 0.2) is 53.4 Å². The molecular weight excluding hydrogens is 381 g/mol. The van der Waals surface area contributed by atoms with E-state index in [1.807, 2.05) is 6.92 Å². The maximum absolute atomic E-state index is 13.4. The average Bonchev–Trinajstić information content (AvgIpc) is 2.93. The highest BCUT2D eigenvalue weighted by Gasteiger charge is 2.31. The average molecular weight is 401 g/mol. The second-order valence-corrected chi connectivity index (χ2v) is 8.30. The van der Waals surface area contributed by atoms with Crippen LogP contribution in [-0.2, 0) is 14.8 Å². The van der Waals surface area contributed by atoms with Gasteiger partial charge in [0.2, 0.25) is 0 Å². The van der Waals surface area contributed by atoms with E-state index in [0.29, 0.717) is 16.8 Å². The standard InChI is InChI=1S/C21H20FNO4S/c1-13-5-11-18(12-6-13)28(25,26)23-15(3)19(21(24)27-4)14(2)20(23)16-7-9-17(22)10-8-16/h5-12H,1-4H3. The lowest BCUT2D eigenvalue weighted by Gasteiger charge is -2.14. The molecule has 3 rings (SSSR count). The molecule has 3 aromatic rings. The van der Waals surface area contributed by atoms with E-state index in [9.17, 15) is 17.6 Å². The Bertz CT molecular complexity index is 1140. The quantitative estimate of drug-likeness (QED) is 0.613. The number of halogens is 1. The van der Waals surface area contributed by atoms with Crippen molar-refractivity contribution in [1.29, 1.82) is 0 Å². The fourth-order valence-electron chi connectivity index (χ4n) is 3.27. The van der Waals surface area contributed by atoms with E-state index < -0.39 is 21.8 Å². The van der Waals surface area contributed by atoms with Crippen LogP contribution in [0.3, 0.4) is 0 Å². The molecule has 1 heterocycles. The molecule has 0 fully saturated rings. The van der Waals surface area contributed by atoms with Gasteiger partial charge >= 0.3 is 5.97 Å². The Morgan fingerprint density at radius 3 is 2.07 bits per heavy atom. The van der Waals surface area contributed by atoms with Gasteiger partial charge < -0.3 is 4.74 Å². The lowest BCUT2D eigenvalue weighted by Crippen LogP contribution is -2.16. The number of rotatable bonds is 4. The van der Waals surface area contributed by atoms with E-state index in [4.69, 9.17) is 4.74 Å². The first-order valence-corrected chi connectivity index (χ1v) is 10.0. The number of carbonyl (C=O) groups excluding carboxylic acids is 1. The molecule has 0 aliphatic carbocycles. The predicted octanol–water partition coefficient (Wildman–Crippen LogP) is 4.24. The van der Waals surface area contributed by atoms with Gasteiger partial charge in [0, 0.05) is 5.69 Å². The summed E-state index contributed by atoms with van der Waals surface area (Å²) in [6.07, 6.45) is 0. The lowest BCUT2D eigenvalue weighted by molar-refractivity contribution is 0.0599. The van der Waals surface area contributed by atoms with E-state index in [1.165, 1.54) is 43.5 Å². The van der Waals surface area contributed by atoms with Gasteiger partial charge in [-0.15, -0.1) is 0 Å². The summed E-state index contributed by atoms with van der Waals surface area (Å²) in [6, 6.07) is 11.9. The van der Waals surface area contributed by atoms with Gasteiger partial charge in [0.05, 0.1) is 23.3 Å². The van der Waals surface area contributed by atoms with Crippen LogP contribution in [0.5, 0.6) is 0 Å². The largest absolute Gasteiger partial charge is 0.465 e. The number of nitrogens with zero attached hydrogens (tertiary/aromatic N) is 1. The van der Waals surface area contributed by atoms with E-state index in [0.717, 1.165) is 9.54 Å². The molecule has 28 heavy (non-hydrogen) atoms. The molecule has 0 N–H and O–H groups in total. The normalized spacial score (nSPS) is 11.5. The summed E-state index contributed by atoms with van der Waals surface area (Å²) in [7, 11) is -2.76. The molecule has 1 aromatic heterocycles. The highest BCUT2D eigenvalue weighted by molar-refractivity contribution is 7.90. The topological polar surface area (TPSA) is 65.4 Å². The Labute approximate surface area is 163 Å². The molecule has 0 saturated carbocycles. The Kier molecular flexibility index (Phi) is 5.12. The third kappa shape index (κ3) is 3.22. The molecule has 0 bridgehead atoms. The van der Waals surface area contributed by atoms with Crippen molar-refractivity contribution in [2.24, 2.45) is 0 Å². The van der Waals surface area contributed by atoms with Crippen LogP contribution >= 0.6 is 0 Å². The fourth-order valence-corrected chi connectivity index (χ4v) is 4.90. The van der Waals surface area contributed by atoms with Crippen molar-refractivity contribution < 1.29 is 22.3 Å². The van der Waals surface area contributed by atoms with Crippen molar-refractivity contribution in [3.63, 3.8) is 0 Å².